The molecule has 0 spiro atoms. The summed E-state index contributed by atoms with van der Waals surface area (Å²) in [6.45, 7) is -0.214. The Morgan fingerprint density at radius 1 is 1.40 bits per heavy atom. The molecule has 0 aliphatic heterocycles. The highest BCUT2D eigenvalue weighted by Crippen LogP contribution is 2.22. The van der Waals surface area contributed by atoms with Crippen molar-refractivity contribution in [2.24, 2.45) is 0 Å². The van der Waals surface area contributed by atoms with Crippen molar-refractivity contribution >= 4 is 11.6 Å². The van der Waals surface area contributed by atoms with Crippen molar-refractivity contribution in [3.8, 4) is 5.75 Å². The zero-order valence-corrected chi connectivity index (χ0v) is 10.8. The van der Waals surface area contributed by atoms with Crippen molar-refractivity contribution in [2.45, 2.75) is 6.61 Å². The molecule has 0 unspecified atom stereocenters. The number of aromatic nitrogens is 1. The molecule has 6 heteroatoms. The number of halogens is 1. The van der Waals surface area contributed by atoms with Crippen molar-refractivity contribution in [1.29, 1.82) is 0 Å². The second kappa shape index (κ2) is 6.12. The van der Waals surface area contributed by atoms with Crippen LogP contribution in [0.2, 0.25) is 0 Å². The van der Waals surface area contributed by atoms with Gasteiger partial charge in [0.2, 0.25) is 0 Å². The number of hydrogen-bond acceptors (Lipinski definition) is 4. The van der Waals surface area contributed by atoms with Crippen LogP contribution in [0.3, 0.4) is 0 Å². The summed E-state index contributed by atoms with van der Waals surface area (Å²) in [6.07, 6.45) is 2.29. The number of nitrogens with one attached hydrogen (secondary N) is 1. The van der Waals surface area contributed by atoms with E-state index in [-0.39, 0.29) is 12.2 Å². The van der Waals surface area contributed by atoms with Gasteiger partial charge in [-0.3, -0.25) is 9.78 Å². The number of aliphatic hydroxyl groups excluding tert-OH is 1. The lowest BCUT2D eigenvalue weighted by molar-refractivity contribution is 0.102. The molecule has 5 nitrogen and oxygen atoms in total. The van der Waals surface area contributed by atoms with E-state index in [1.54, 1.807) is 18.2 Å². The predicted molar refractivity (Wildman–Crippen MR) is 71.1 cm³/mol. The normalized spacial score (nSPS) is 10.2. The monoisotopic (exact) mass is 276 g/mol. The summed E-state index contributed by atoms with van der Waals surface area (Å²) in [6, 6.07) is 5.94. The van der Waals surface area contributed by atoms with Gasteiger partial charge in [0.15, 0.2) is 0 Å². The quantitative estimate of drug-likeness (QED) is 0.895. The number of benzene rings is 1. The molecule has 1 heterocycles. The highest BCUT2D eigenvalue weighted by molar-refractivity contribution is 6.04. The Balaban J connectivity index is 2.19. The van der Waals surface area contributed by atoms with Gasteiger partial charge < -0.3 is 15.2 Å². The summed E-state index contributed by atoms with van der Waals surface area (Å²) in [5.41, 5.74) is 1.14. The number of rotatable bonds is 4. The van der Waals surface area contributed by atoms with Gasteiger partial charge >= 0.3 is 0 Å². The maximum absolute atomic E-state index is 13.0. The lowest BCUT2D eigenvalue weighted by Crippen LogP contribution is -2.12. The van der Waals surface area contributed by atoms with E-state index < -0.39 is 11.7 Å². The van der Waals surface area contributed by atoms with Crippen molar-refractivity contribution in [3.05, 3.63) is 53.6 Å². The van der Waals surface area contributed by atoms with Gasteiger partial charge in [0.25, 0.3) is 5.91 Å². The zero-order chi connectivity index (χ0) is 14.5. The van der Waals surface area contributed by atoms with E-state index in [4.69, 9.17) is 4.74 Å². The predicted octanol–water partition coefficient (Wildman–Crippen LogP) is 1.97. The largest absolute Gasteiger partial charge is 0.496 e. The number of nitrogens with zero attached hydrogens (tertiary/aromatic N) is 1. The molecule has 2 N–H and O–H groups in total. The number of anilines is 1. The van der Waals surface area contributed by atoms with Gasteiger partial charge in [-0.15, -0.1) is 0 Å². The van der Waals surface area contributed by atoms with E-state index in [9.17, 15) is 14.3 Å². The maximum atomic E-state index is 13.0. The van der Waals surface area contributed by atoms with Crippen molar-refractivity contribution in [2.75, 3.05) is 12.4 Å². The molecule has 20 heavy (non-hydrogen) atoms. The fourth-order valence-electron chi connectivity index (χ4n) is 1.72. The minimum Gasteiger partial charge on any atom is -0.496 e. The Kier molecular flexibility index (Phi) is 4.27. The van der Waals surface area contributed by atoms with Crippen LogP contribution in [-0.2, 0) is 6.61 Å². The van der Waals surface area contributed by atoms with Gasteiger partial charge in [-0.05, 0) is 24.3 Å². The number of hydrogen-bond donors (Lipinski definition) is 2. The second-order valence-electron chi connectivity index (χ2n) is 4.03. The van der Waals surface area contributed by atoms with Crippen LogP contribution in [0, 0.1) is 5.82 Å². The molecule has 0 aliphatic rings. The van der Waals surface area contributed by atoms with E-state index in [0.29, 0.717) is 17.0 Å². The first-order chi connectivity index (χ1) is 9.63. The fraction of sp³-hybridized carbons (Fsp3) is 0.143. The summed E-state index contributed by atoms with van der Waals surface area (Å²) >= 11 is 0. The molecular formula is C14H13FN2O3. The average Bonchev–Trinajstić information content (AvgIpc) is 2.47. The second-order valence-corrected chi connectivity index (χ2v) is 4.03. The lowest BCUT2D eigenvalue weighted by atomic mass is 10.1. The van der Waals surface area contributed by atoms with Crippen LogP contribution in [0.1, 0.15) is 15.9 Å². The molecule has 0 saturated carbocycles. The Morgan fingerprint density at radius 3 is 2.85 bits per heavy atom. The average molecular weight is 276 g/mol. The van der Waals surface area contributed by atoms with Crippen LogP contribution in [-0.4, -0.2) is 23.1 Å². The zero-order valence-electron chi connectivity index (χ0n) is 10.8. The van der Waals surface area contributed by atoms with E-state index in [0.717, 1.165) is 12.3 Å². The van der Waals surface area contributed by atoms with Crippen LogP contribution in [0.4, 0.5) is 10.1 Å². The molecule has 0 saturated heterocycles. The number of amides is 1. The minimum atomic E-state index is -0.580. The number of carbonyl (C=O) groups is 1. The van der Waals surface area contributed by atoms with E-state index in [1.165, 1.54) is 13.3 Å². The Labute approximate surface area is 115 Å². The minimum absolute atomic E-state index is 0.117. The van der Waals surface area contributed by atoms with E-state index in [2.05, 4.69) is 10.3 Å². The molecule has 2 aromatic rings. The molecule has 104 valence electrons. The Hall–Kier alpha value is -2.47. The standard InChI is InChI=1S/C14H13FN2O3/c1-20-13-3-2-12(5-10(13)8-18)17-14(19)9-4-11(15)7-16-6-9/h2-7,18H,8H2,1H3,(H,17,19). The van der Waals surface area contributed by atoms with Crippen molar-refractivity contribution in [3.63, 3.8) is 0 Å². The summed E-state index contributed by atoms with van der Waals surface area (Å²) in [7, 11) is 1.49. The third-order valence-electron chi connectivity index (χ3n) is 2.68. The third kappa shape index (κ3) is 3.10. The lowest BCUT2D eigenvalue weighted by Gasteiger charge is -2.10. The Morgan fingerprint density at radius 2 is 2.20 bits per heavy atom. The molecule has 1 aromatic heterocycles. The molecule has 0 atom stereocenters. The molecule has 0 fully saturated rings. The van der Waals surface area contributed by atoms with Crippen molar-refractivity contribution in [1.82, 2.24) is 4.98 Å². The first kappa shape index (κ1) is 14.0. The first-order valence-corrected chi connectivity index (χ1v) is 5.83. The third-order valence-corrected chi connectivity index (χ3v) is 2.68. The van der Waals surface area contributed by atoms with Gasteiger partial charge in [-0.2, -0.15) is 0 Å². The summed E-state index contributed by atoms with van der Waals surface area (Å²) < 4.78 is 18.1. The molecule has 0 aliphatic carbocycles. The summed E-state index contributed by atoms with van der Waals surface area (Å²) in [4.78, 5) is 15.5. The summed E-state index contributed by atoms with van der Waals surface area (Å²) in [5.74, 6) is -0.535. The van der Waals surface area contributed by atoms with Gasteiger partial charge in [0.1, 0.15) is 11.6 Å². The maximum Gasteiger partial charge on any atom is 0.257 e. The van der Waals surface area contributed by atoms with E-state index in [1.807, 2.05) is 0 Å². The first-order valence-electron chi connectivity index (χ1n) is 5.83. The molecule has 0 radical (unpaired) electrons. The molecule has 1 aromatic carbocycles. The summed E-state index contributed by atoms with van der Waals surface area (Å²) in [5, 5.41) is 11.8. The number of aliphatic hydroxyl groups is 1. The number of carbonyl (C=O) groups excluding carboxylic acids is 1. The molecule has 1 amide bonds. The van der Waals surface area contributed by atoms with Crippen LogP contribution in [0.15, 0.2) is 36.7 Å². The van der Waals surface area contributed by atoms with Crippen LogP contribution in [0.25, 0.3) is 0 Å². The SMILES string of the molecule is COc1ccc(NC(=O)c2cncc(F)c2)cc1CO. The number of ether oxygens (including phenoxy) is 1. The highest BCUT2D eigenvalue weighted by Gasteiger charge is 2.09. The molecule has 0 bridgehead atoms. The van der Waals surface area contributed by atoms with Crippen molar-refractivity contribution < 1.29 is 19.0 Å². The number of pyridine rings is 1. The Bertz CT molecular complexity index is 632. The highest BCUT2D eigenvalue weighted by atomic mass is 19.1. The van der Waals surface area contributed by atoms with E-state index >= 15 is 0 Å². The molecular weight excluding hydrogens is 263 g/mol. The topological polar surface area (TPSA) is 71.5 Å². The van der Waals surface area contributed by atoms with Gasteiger partial charge in [0, 0.05) is 17.4 Å². The van der Waals surface area contributed by atoms with Gasteiger partial charge in [-0.25, -0.2) is 4.39 Å². The molecule has 2 rings (SSSR count). The fourth-order valence-corrected chi connectivity index (χ4v) is 1.72. The smallest absolute Gasteiger partial charge is 0.257 e. The van der Waals surface area contributed by atoms with Gasteiger partial charge in [0.05, 0.1) is 25.5 Å². The number of methoxy groups -OCH3 is 1. The van der Waals surface area contributed by atoms with Crippen LogP contribution >= 0.6 is 0 Å². The van der Waals surface area contributed by atoms with Crippen LogP contribution in [0.5, 0.6) is 5.75 Å². The van der Waals surface area contributed by atoms with Crippen LogP contribution < -0.4 is 10.1 Å². The van der Waals surface area contributed by atoms with Gasteiger partial charge in [-0.1, -0.05) is 0 Å².